The number of aromatic nitrogens is 1. The van der Waals surface area contributed by atoms with Gasteiger partial charge < -0.3 is 19.7 Å². The van der Waals surface area contributed by atoms with Crippen LogP contribution in [0.1, 0.15) is 30.4 Å². The zero-order chi connectivity index (χ0) is 23.8. The minimum Gasteiger partial charge on any atom is -0.493 e. The van der Waals surface area contributed by atoms with E-state index in [-0.39, 0.29) is 30.9 Å². The van der Waals surface area contributed by atoms with Crippen molar-refractivity contribution in [2.24, 2.45) is 0 Å². The molecule has 1 N–H and O–H groups in total. The van der Waals surface area contributed by atoms with Crippen LogP contribution in [-0.2, 0) is 16.0 Å². The molecule has 0 saturated heterocycles. The maximum absolute atomic E-state index is 12.8. The number of para-hydroxylation sites is 2. The Labute approximate surface area is 199 Å². The molecule has 1 aromatic heterocycles. The summed E-state index contributed by atoms with van der Waals surface area (Å²) in [7, 11) is 1.56. The summed E-state index contributed by atoms with van der Waals surface area (Å²) >= 11 is 0. The number of anilines is 1. The summed E-state index contributed by atoms with van der Waals surface area (Å²) in [5.74, 6) is 0.867. The summed E-state index contributed by atoms with van der Waals surface area (Å²) in [4.78, 5) is 31.1. The zero-order valence-corrected chi connectivity index (χ0v) is 19.3. The van der Waals surface area contributed by atoms with E-state index in [9.17, 15) is 9.59 Å². The van der Waals surface area contributed by atoms with Gasteiger partial charge in [-0.05, 0) is 66.8 Å². The van der Waals surface area contributed by atoms with E-state index in [1.807, 2.05) is 48.5 Å². The Kier molecular flexibility index (Phi) is 7.75. The molecule has 1 heterocycles. The number of carbonyl (C=O) groups excluding carboxylic acids is 2. The first-order chi connectivity index (χ1) is 16.6. The number of benzene rings is 2. The van der Waals surface area contributed by atoms with E-state index < -0.39 is 0 Å². The normalized spacial score (nSPS) is 12.6. The van der Waals surface area contributed by atoms with Gasteiger partial charge in [-0.15, -0.1) is 0 Å². The molecule has 3 aromatic rings. The molecule has 1 aliphatic rings. The summed E-state index contributed by atoms with van der Waals surface area (Å²) in [6.45, 7) is 0.280. The van der Waals surface area contributed by atoms with Crippen LogP contribution >= 0.6 is 0 Å². The SMILES string of the molecule is COc1ccccc1OCC(=O)N(CCC(=O)Nc1ccc(Cc2ccncc2)cc1)C1CC1. The number of nitrogens with zero attached hydrogens (tertiary/aromatic N) is 2. The fourth-order valence-corrected chi connectivity index (χ4v) is 3.75. The molecule has 34 heavy (non-hydrogen) atoms. The molecule has 0 aliphatic heterocycles. The van der Waals surface area contributed by atoms with Gasteiger partial charge in [-0.1, -0.05) is 24.3 Å². The highest BCUT2D eigenvalue weighted by molar-refractivity contribution is 5.91. The molecule has 4 rings (SSSR count). The molecule has 2 amide bonds. The summed E-state index contributed by atoms with van der Waals surface area (Å²) in [5, 5.41) is 2.92. The summed E-state index contributed by atoms with van der Waals surface area (Å²) in [5.41, 5.74) is 3.09. The monoisotopic (exact) mass is 459 g/mol. The van der Waals surface area contributed by atoms with E-state index in [0.717, 1.165) is 30.5 Å². The van der Waals surface area contributed by atoms with E-state index in [0.29, 0.717) is 18.0 Å². The standard InChI is InChI=1S/C27H29N3O4/c1-33-24-4-2-3-5-25(24)34-19-27(32)30(23-10-11-23)17-14-26(31)29-22-8-6-20(7-9-22)18-21-12-15-28-16-13-21/h2-9,12-13,15-16,23H,10-11,14,17-19H2,1H3,(H,29,31). The quantitative estimate of drug-likeness (QED) is 0.467. The lowest BCUT2D eigenvalue weighted by Crippen LogP contribution is -2.38. The smallest absolute Gasteiger partial charge is 0.260 e. The van der Waals surface area contributed by atoms with Crippen molar-refractivity contribution in [1.82, 2.24) is 9.88 Å². The van der Waals surface area contributed by atoms with Gasteiger partial charge in [-0.25, -0.2) is 0 Å². The second-order valence-corrected chi connectivity index (χ2v) is 8.29. The first kappa shape index (κ1) is 23.3. The Morgan fingerprint density at radius 3 is 2.32 bits per heavy atom. The third-order valence-corrected chi connectivity index (χ3v) is 5.70. The summed E-state index contributed by atoms with van der Waals surface area (Å²) in [6.07, 6.45) is 6.53. The Hall–Kier alpha value is -3.87. The topological polar surface area (TPSA) is 80.8 Å². The van der Waals surface area contributed by atoms with E-state index in [1.54, 1.807) is 36.5 Å². The van der Waals surface area contributed by atoms with Gasteiger partial charge in [0.05, 0.1) is 7.11 Å². The number of hydrogen-bond acceptors (Lipinski definition) is 5. The molecule has 1 fully saturated rings. The second kappa shape index (κ2) is 11.3. The molecule has 0 spiro atoms. The van der Waals surface area contributed by atoms with Crippen molar-refractivity contribution in [3.05, 3.63) is 84.2 Å². The molecule has 0 atom stereocenters. The molecule has 7 heteroatoms. The largest absolute Gasteiger partial charge is 0.493 e. The van der Waals surface area contributed by atoms with Gasteiger partial charge in [0, 0.05) is 37.1 Å². The Morgan fingerprint density at radius 1 is 0.971 bits per heavy atom. The Morgan fingerprint density at radius 2 is 1.65 bits per heavy atom. The lowest BCUT2D eigenvalue weighted by atomic mass is 10.1. The van der Waals surface area contributed by atoms with Crippen LogP contribution < -0.4 is 14.8 Å². The third-order valence-electron chi connectivity index (χ3n) is 5.70. The molecule has 0 radical (unpaired) electrons. The van der Waals surface area contributed by atoms with Crippen molar-refractivity contribution < 1.29 is 19.1 Å². The highest BCUT2D eigenvalue weighted by Gasteiger charge is 2.32. The fourth-order valence-electron chi connectivity index (χ4n) is 3.75. The van der Waals surface area contributed by atoms with Crippen molar-refractivity contribution in [1.29, 1.82) is 0 Å². The average Bonchev–Trinajstić information content (AvgIpc) is 3.70. The van der Waals surface area contributed by atoms with E-state index in [2.05, 4.69) is 10.3 Å². The van der Waals surface area contributed by atoms with Crippen molar-refractivity contribution in [3.8, 4) is 11.5 Å². The lowest BCUT2D eigenvalue weighted by Gasteiger charge is -2.22. The third kappa shape index (κ3) is 6.57. The summed E-state index contributed by atoms with van der Waals surface area (Å²) < 4.78 is 10.9. The maximum Gasteiger partial charge on any atom is 0.260 e. The average molecular weight is 460 g/mol. The fraction of sp³-hybridized carbons (Fsp3) is 0.296. The minimum absolute atomic E-state index is 0.0859. The van der Waals surface area contributed by atoms with Crippen molar-refractivity contribution in [2.45, 2.75) is 31.7 Å². The number of amides is 2. The van der Waals surface area contributed by atoms with Gasteiger partial charge in [0.2, 0.25) is 5.91 Å². The van der Waals surface area contributed by atoms with Crippen LogP contribution in [-0.4, -0.2) is 48.0 Å². The molecular formula is C27H29N3O4. The Balaban J connectivity index is 1.25. The Bertz CT molecular complexity index is 1100. The predicted octanol–water partition coefficient (Wildman–Crippen LogP) is 4.08. The minimum atomic E-state index is -0.123. The number of nitrogens with one attached hydrogen (secondary N) is 1. The lowest BCUT2D eigenvalue weighted by molar-refractivity contribution is -0.134. The van der Waals surface area contributed by atoms with Gasteiger partial charge in [0.15, 0.2) is 18.1 Å². The number of hydrogen-bond donors (Lipinski definition) is 1. The van der Waals surface area contributed by atoms with Crippen LogP contribution in [0.5, 0.6) is 11.5 Å². The van der Waals surface area contributed by atoms with Gasteiger partial charge in [0.25, 0.3) is 5.91 Å². The molecule has 7 nitrogen and oxygen atoms in total. The van der Waals surface area contributed by atoms with E-state index in [4.69, 9.17) is 9.47 Å². The number of pyridine rings is 1. The molecule has 1 aliphatic carbocycles. The van der Waals surface area contributed by atoms with E-state index >= 15 is 0 Å². The molecular weight excluding hydrogens is 430 g/mol. The highest BCUT2D eigenvalue weighted by atomic mass is 16.5. The first-order valence-corrected chi connectivity index (χ1v) is 11.5. The predicted molar refractivity (Wildman–Crippen MR) is 130 cm³/mol. The van der Waals surface area contributed by atoms with Gasteiger partial charge in [0.1, 0.15) is 0 Å². The number of rotatable bonds is 11. The molecule has 176 valence electrons. The second-order valence-electron chi connectivity index (χ2n) is 8.29. The molecule has 2 aromatic carbocycles. The van der Waals surface area contributed by atoms with Gasteiger partial charge in [-0.2, -0.15) is 0 Å². The molecule has 0 unspecified atom stereocenters. The van der Waals surface area contributed by atoms with Crippen molar-refractivity contribution in [3.63, 3.8) is 0 Å². The highest BCUT2D eigenvalue weighted by Crippen LogP contribution is 2.29. The zero-order valence-electron chi connectivity index (χ0n) is 19.3. The van der Waals surface area contributed by atoms with Crippen LogP contribution in [0.3, 0.4) is 0 Å². The number of carbonyl (C=O) groups is 2. The molecule has 1 saturated carbocycles. The van der Waals surface area contributed by atoms with Gasteiger partial charge >= 0.3 is 0 Å². The summed E-state index contributed by atoms with van der Waals surface area (Å²) in [6, 6.07) is 19.2. The van der Waals surface area contributed by atoms with Crippen LogP contribution in [0.4, 0.5) is 5.69 Å². The number of methoxy groups -OCH3 is 1. The van der Waals surface area contributed by atoms with E-state index in [1.165, 1.54) is 5.56 Å². The van der Waals surface area contributed by atoms with Crippen LogP contribution in [0.15, 0.2) is 73.1 Å². The van der Waals surface area contributed by atoms with Crippen molar-refractivity contribution >= 4 is 17.5 Å². The van der Waals surface area contributed by atoms with Gasteiger partial charge in [-0.3, -0.25) is 14.6 Å². The van der Waals surface area contributed by atoms with Crippen LogP contribution in [0.2, 0.25) is 0 Å². The first-order valence-electron chi connectivity index (χ1n) is 11.5. The van der Waals surface area contributed by atoms with Crippen LogP contribution in [0.25, 0.3) is 0 Å². The molecule has 0 bridgehead atoms. The maximum atomic E-state index is 12.8. The van der Waals surface area contributed by atoms with Crippen LogP contribution in [0, 0.1) is 0 Å². The van der Waals surface area contributed by atoms with Crippen molar-refractivity contribution in [2.75, 3.05) is 25.6 Å². The number of ether oxygens (including phenoxy) is 2.